The van der Waals surface area contributed by atoms with Crippen LogP contribution >= 0.6 is 11.3 Å². The second-order valence-electron chi connectivity index (χ2n) is 4.94. The molecule has 1 aromatic rings. The Hall–Kier alpha value is -1.96. The Balaban J connectivity index is 2.75. The van der Waals surface area contributed by atoms with E-state index in [1.807, 2.05) is 13.8 Å². The van der Waals surface area contributed by atoms with E-state index >= 15 is 0 Å². The first-order valence-corrected chi connectivity index (χ1v) is 7.77. The van der Waals surface area contributed by atoms with Crippen molar-refractivity contribution in [2.75, 3.05) is 0 Å². The van der Waals surface area contributed by atoms with Crippen LogP contribution < -0.4 is 10.9 Å². The van der Waals surface area contributed by atoms with Crippen molar-refractivity contribution < 1.29 is 9.59 Å². The molecule has 22 heavy (non-hydrogen) atoms. The number of nitrogens with zero attached hydrogens (tertiary/aromatic N) is 2. The monoisotopic (exact) mass is 318 g/mol. The summed E-state index contributed by atoms with van der Waals surface area (Å²) in [7, 11) is 5.59. The van der Waals surface area contributed by atoms with E-state index in [1.165, 1.54) is 11.3 Å². The lowest BCUT2D eigenvalue weighted by molar-refractivity contribution is -0.115. The van der Waals surface area contributed by atoms with Gasteiger partial charge in [-0.2, -0.15) is 10.2 Å². The molecule has 1 aromatic heterocycles. The van der Waals surface area contributed by atoms with Crippen LogP contribution in [0.15, 0.2) is 27.7 Å². The molecule has 0 aromatic carbocycles. The van der Waals surface area contributed by atoms with E-state index in [4.69, 9.17) is 7.85 Å². The second-order valence-corrected chi connectivity index (χ2v) is 5.89. The molecule has 6 nitrogen and oxygen atoms in total. The minimum Gasteiger partial charge on any atom is -0.266 e. The SMILES string of the molecule is [B]CCC(/C(=N/N=C)C(=O)NNC(=O)c1cccs1)C(C)C. The third-order valence-corrected chi connectivity index (χ3v) is 3.95. The van der Waals surface area contributed by atoms with Gasteiger partial charge in [-0.25, -0.2) is 0 Å². The number of hydrazine groups is 1. The zero-order chi connectivity index (χ0) is 16.5. The van der Waals surface area contributed by atoms with Gasteiger partial charge in [-0.3, -0.25) is 20.4 Å². The van der Waals surface area contributed by atoms with E-state index in [2.05, 4.69) is 27.8 Å². The normalized spacial score (nSPS) is 12.8. The van der Waals surface area contributed by atoms with Gasteiger partial charge in [-0.15, -0.1) is 11.3 Å². The Bertz CT molecular complexity index is 543. The number of hydrogen-bond acceptors (Lipinski definition) is 5. The van der Waals surface area contributed by atoms with E-state index in [1.54, 1.807) is 17.5 Å². The van der Waals surface area contributed by atoms with Crippen molar-refractivity contribution in [3.8, 4) is 0 Å². The highest BCUT2D eigenvalue weighted by Crippen LogP contribution is 2.19. The molecule has 1 atom stereocenters. The van der Waals surface area contributed by atoms with E-state index < -0.39 is 5.91 Å². The average molecular weight is 318 g/mol. The summed E-state index contributed by atoms with van der Waals surface area (Å²) in [5.74, 6) is -0.893. The van der Waals surface area contributed by atoms with Crippen molar-refractivity contribution >= 4 is 43.4 Å². The van der Waals surface area contributed by atoms with Gasteiger partial charge in [0.2, 0.25) is 0 Å². The summed E-state index contributed by atoms with van der Waals surface area (Å²) in [6.45, 7) is 7.22. The zero-order valence-corrected chi connectivity index (χ0v) is 13.5. The van der Waals surface area contributed by atoms with Crippen molar-refractivity contribution in [2.24, 2.45) is 22.0 Å². The number of amides is 2. The summed E-state index contributed by atoms with van der Waals surface area (Å²) in [6.07, 6.45) is 1.02. The molecule has 0 saturated carbocycles. The summed E-state index contributed by atoms with van der Waals surface area (Å²) >= 11 is 1.28. The van der Waals surface area contributed by atoms with Gasteiger partial charge in [-0.1, -0.05) is 32.7 Å². The lowest BCUT2D eigenvalue weighted by Crippen LogP contribution is -2.47. The maximum atomic E-state index is 12.2. The maximum absolute atomic E-state index is 12.2. The molecule has 8 heteroatoms. The smallest absolute Gasteiger partial charge is 0.266 e. The number of carbonyl (C=O) groups is 2. The van der Waals surface area contributed by atoms with Gasteiger partial charge in [0.1, 0.15) is 5.71 Å². The molecule has 0 spiro atoms. The van der Waals surface area contributed by atoms with E-state index in [0.717, 1.165) is 0 Å². The number of nitrogens with one attached hydrogen (secondary N) is 2. The predicted octanol–water partition coefficient (Wildman–Crippen LogP) is 1.81. The first-order chi connectivity index (χ1) is 10.5. The van der Waals surface area contributed by atoms with Gasteiger partial charge in [0.15, 0.2) is 0 Å². The van der Waals surface area contributed by atoms with Crippen LogP contribution in [0.1, 0.15) is 29.9 Å². The number of carbonyl (C=O) groups excluding carboxylic acids is 2. The molecule has 1 rings (SSSR count). The van der Waals surface area contributed by atoms with E-state index in [0.29, 0.717) is 17.6 Å². The van der Waals surface area contributed by atoms with Crippen molar-refractivity contribution in [2.45, 2.75) is 26.6 Å². The van der Waals surface area contributed by atoms with Gasteiger partial charge in [0, 0.05) is 12.6 Å². The molecular formula is C14H19BN4O2S. The van der Waals surface area contributed by atoms with Crippen LogP contribution in [0.5, 0.6) is 0 Å². The fourth-order valence-corrected chi connectivity index (χ4v) is 2.60. The minimum atomic E-state index is -0.510. The fraction of sp³-hybridized carbons (Fsp3) is 0.429. The first kappa shape index (κ1) is 18.1. The van der Waals surface area contributed by atoms with Crippen LogP contribution in [-0.4, -0.2) is 32.1 Å². The van der Waals surface area contributed by atoms with Crippen LogP contribution in [0.2, 0.25) is 6.32 Å². The second kappa shape index (κ2) is 9.14. The van der Waals surface area contributed by atoms with Crippen molar-refractivity contribution in [3.63, 3.8) is 0 Å². The summed E-state index contributed by atoms with van der Waals surface area (Å²) < 4.78 is 0. The Morgan fingerprint density at radius 2 is 2.14 bits per heavy atom. The van der Waals surface area contributed by atoms with Crippen molar-refractivity contribution in [3.05, 3.63) is 22.4 Å². The number of hydrogen-bond donors (Lipinski definition) is 2. The van der Waals surface area contributed by atoms with Crippen LogP contribution in [0, 0.1) is 11.8 Å². The molecule has 0 saturated heterocycles. The van der Waals surface area contributed by atoms with E-state index in [-0.39, 0.29) is 23.5 Å². The van der Waals surface area contributed by atoms with Crippen molar-refractivity contribution in [1.29, 1.82) is 0 Å². The molecule has 116 valence electrons. The van der Waals surface area contributed by atoms with Crippen LogP contribution in [0.4, 0.5) is 0 Å². The van der Waals surface area contributed by atoms with Gasteiger partial charge < -0.3 is 0 Å². The van der Waals surface area contributed by atoms with Gasteiger partial charge in [-0.05, 0) is 17.4 Å². The Labute approximate surface area is 135 Å². The standard InChI is InChI=1S/C14H19BN4O2S/c1-9(2)10(6-7-15)12(17-16-3)14(21)19-18-13(20)11-5-4-8-22-11/h4-5,8-10H,3,6-7H2,1-2H3,(H,18,20)(H,19,21)/b17-12-. The molecule has 0 bridgehead atoms. The first-order valence-electron chi connectivity index (χ1n) is 6.89. The Kier molecular flexibility index (Phi) is 7.52. The topological polar surface area (TPSA) is 82.9 Å². The maximum Gasteiger partial charge on any atom is 0.286 e. The Morgan fingerprint density at radius 1 is 1.41 bits per heavy atom. The highest BCUT2D eigenvalue weighted by Gasteiger charge is 2.25. The van der Waals surface area contributed by atoms with E-state index in [9.17, 15) is 9.59 Å². The summed E-state index contributed by atoms with van der Waals surface area (Å²) in [5.41, 5.74) is 4.93. The van der Waals surface area contributed by atoms with Gasteiger partial charge >= 0.3 is 0 Å². The quantitative estimate of drug-likeness (QED) is 0.457. The summed E-state index contributed by atoms with van der Waals surface area (Å²) in [5, 5.41) is 9.04. The highest BCUT2D eigenvalue weighted by molar-refractivity contribution is 7.12. The molecule has 0 fully saturated rings. The van der Waals surface area contributed by atoms with Crippen LogP contribution in [0.3, 0.4) is 0 Å². The van der Waals surface area contributed by atoms with Crippen LogP contribution in [-0.2, 0) is 4.79 Å². The average Bonchev–Trinajstić information content (AvgIpc) is 3.02. The molecule has 0 aliphatic rings. The molecule has 1 unspecified atom stereocenters. The minimum absolute atomic E-state index is 0.155. The molecular weight excluding hydrogens is 299 g/mol. The fourth-order valence-electron chi connectivity index (χ4n) is 1.98. The number of rotatable bonds is 7. The lowest BCUT2D eigenvalue weighted by atomic mass is 9.82. The molecule has 2 amide bonds. The lowest BCUT2D eigenvalue weighted by Gasteiger charge is -2.21. The molecule has 1 heterocycles. The zero-order valence-electron chi connectivity index (χ0n) is 12.7. The summed E-state index contributed by atoms with van der Waals surface area (Å²) in [6, 6.07) is 3.42. The third kappa shape index (κ3) is 5.11. The predicted molar refractivity (Wildman–Crippen MR) is 90.4 cm³/mol. The van der Waals surface area contributed by atoms with Gasteiger partial charge in [0.25, 0.3) is 11.8 Å². The summed E-state index contributed by atoms with van der Waals surface area (Å²) in [4.78, 5) is 24.6. The molecule has 2 radical (unpaired) electrons. The number of thiophene rings is 1. The molecule has 2 N–H and O–H groups in total. The van der Waals surface area contributed by atoms with Gasteiger partial charge in [0.05, 0.1) is 12.7 Å². The van der Waals surface area contributed by atoms with Crippen LogP contribution in [0.25, 0.3) is 0 Å². The molecule has 0 aliphatic carbocycles. The molecule has 0 aliphatic heterocycles. The Morgan fingerprint density at radius 3 is 2.64 bits per heavy atom. The van der Waals surface area contributed by atoms with Crippen molar-refractivity contribution in [1.82, 2.24) is 10.9 Å². The highest BCUT2D eigenvalue weighted by atomic mass is 32.1. The largest absolute Gasteiger partial charge is 0.286 e. The third-order valence-electron chi connectivity index (χ3n) is 3.08.